The molecule has 3 aromatic heterocycles. The fraction of sp³-hybridized carbons (Fsp3) is 0.188. The number of hydrogen-bond acceptors (Lipinski definition) is 5. The molecule has 10 rings (SSSR count). The van der Waals surface area contributed by atoms with E-state index in [0.29, 0.717) is 11.6 Å². The van der Waals surface area contributed by atoms with Gasteiger partial charge in [-0.2, -0.15) is 0 Å². The fourth-order valence-electron chi connectivity index (χ4n) is 8.69. The van der Waals surface area contributed by atoms with Crippen molar-refractivity contribution in [1.82, 2.24) is 15.0 Å². The quantitative estimate of drug-likeness (QED) is 0.156. The molecular weight excluding hydrogens is 651 g/mol. The predicted octanol–water partition coefficient (Wildman–Crippen LogP) is 12.8. The molecule has 0 fully saturated rings. The van der Waals surface area contributed by atoms with Gasteiger partial charge in [0.05, 0.1) is 0 Å². The number of allylic oxidation sites excluding steroid dienone is 10. The Hall–Kier alpha value is -6.07. The average Bonchev–Trinajstić information content (AvgIpc) is 3.82. The van der Waals surface area contributed by atoms with Crippen molar-refractivity contribution in [3.8, 4) is 11.4 Å². The second kappa shape index (κ2) is 12.0. The van der Waals surface area contributed by atoms with Crippen LogP contribution in [0.2, 0.25) is 0 Å². The normalized spacial score (nSPS) is 17.7. The molecule has 0 aliphatic heterocycles. The van der Waals surface area contributed by atoms with Crippen LogP contribution in [-0.2, 0) is 5.41 Å². The highest BCUT2D eigenvalue weighted by Crippen LogP contribution is 2.53. The van der Waals surface area contributed by atoms with E-state index in [1.165, 1.54) is 44.2 Å². The third-order valence-electron chi connectivity index (χ3n) is 11.6. The lowest BCUT2D eigenvalue weighted by atomic mass is 9.77. The Kier molecular flexibility index (Phi) is 7.16. The van der Waals surface area contributed by atoms with Crippen molar-refractivity contribution in [2.24, 2.45) is 0 Å². The Morgan fingerprint density at radius 1 is 0.811 bits per heavy atom. The summed E-state index contributed by atoms with van der Waals surface area (Å²) in [6.45, 7) is 13.0. The molecule has 3 heterocycles. The number of hydrogen-bond donors (Lipinski definition) is 0. The summed E-state index contributed by atoms with van der Waals surface area (Å²) < 4.78 is 12.6. The molecule has 258 valence electrons. The average molecular weight is 690 g/mol. The van der Waals surface area contributed by atoms with Crippen LogP contribution in [-0.4, -0.2) is 15.0 Å². The first-order valence-corrected chi connectivity index (χ1v) is 18.6. The number of fused-ring (bicyclic) bond motifs is 8. The molecule has 5 nitrogen and oxygen atoms in total. The van der Waals surface area contributed by atoms with Gasteiger partial charge >= 0.3 is 0 Å². The zero-order valence-electron chi connectivity index (χ0n) is 30.1. The first kappa shape index (κ1) is 31.6. The van der Waals surface area contributed by atoms with E-state index in [9.17, 15) is 0 Å². The molecule has 0 saturated heterocycles. The lowest BCUT2D eigenvalue weighted by Gasteiger charge is -2.27. The Balaban J connectivity index is 0.995. The first-order chi connectivity index (χ1) is 25.9. The van der Waals surface area contributed by atoms with E-state index in [0.717, 1.165) is 82.2 Å². The van der Waals surface area contributed by atoms with Gasteiger partial charge in [0, 0.05) is 38.4 Å². The largest absolute Gasteiger partial charge is 0.456 e. The smallest absolute Gasteiger partial charge is 0.163 e. The minimum Gasteiger partial charge on any atom is -0.456 e. The molecule has 0 N–H and O–H groups in total. The molecule has 1 unspecified atom stereocenters. The predicted molar refractivity (Wildman–Crippen MR) is 217 cm³/mol. The maximum atomic E-state index is 6.32. The van der Waals surface area contributed by atoms with Crippen LogP contribution in [0, 0.1) is 0 Å². The second-order valence-corrected chi connectivity index (χ2v) is 15.1. The number of rotatable bonds is 7. The molecule has 53 heavy (non-hydrogen) atoms. The maximum absolute atomic E-state index is 6.32. The molecule has 0 bridgehead atoms. The standard InChI is InChI=1S/C48H39N3O2/c1-5-6-12-28(2)45-49-46(51-47(50-45)32-20-22-36-34-15-7-9-17-41(34)52-43(36)25-32)31-14-11-13-29(23-31)30-19-21-33-37-26-38-35-16-8-10-18-42(35)53-44(38)27-40(37)48(3,4)39(33)24-30/h5,7-11,13-18,20,22,24-27,31H,1-2,6,12,19,21,23H2,3-4H3. The highest BCUT2D eigenvalue weighted by molar-refractivity contribution is 6.07. The highest BCUT2D eigenvalue weighted by Gasteiger charge is 2.39. The summed E-state index contributed by atoms with van der Waals surface area (Å²) in [5.41, 5.74) is 13.6. The monoisotopic (exact) mass is 689 g/mol. The van der Waals surface area contributed by atoms with Crippen LogP contribution in [0.5, 0.6) is 0 Å². The molecule has 0 saturated carbocycles. The van der Waals surface area contributed by atoms with Gasteiger partial charge in [-0.3, -0.25) is 0 Å². The lowest BCUT2D eigenvalue weighted by Crippen LogP contribution is -2.18. The van der Waals surface area contributed by atoms with Gasteiger partial charge in [0.15, 0.2) is 11.6 Å². The summed E-state index contributed by atoms with van der Waals surface area (Å²) in [5, 5.41) is 4.55. The van der Waals surface area contributed by atoms with Crippen molar-refractivity contribution in [2.75, 3.05) is 0 Å². The Bertz CT molecular complexity index is 2830. The van der Waals surface area contributed by atoms with E-state index in [1.54, 1.807) is 0 Å². The van der Waals surface area contributed by atoms with Gasteiger partial charge < -0.3 is 8.83 Å². The van der Waals surface area contributed by atoms with Gasteiger partial charge in [0.2, 0.25) is 0 Å². The first-order valence-electron chi connectivity index (χ1n) is 18.6. The SMILES string of the molecule is C=CCCC(=C)c1nc(-c2ccc3c(c2)oc2ccccc23)nc(C2C=CC=C(C3=CC4=C(CC3)c3cc5c(cc3C4(C)C)oc3ccccc35)C2)n1. The fourth-order valence-corrected chi connectivity index (χ4v) is 8.69. The van der Waals surface area contributed by atoms with Crippen molar-refractivity contribution in [3.05, 3.63) is 162 Å². The van der Waals surface area contributed by atoms with E-state index in [2.05, 4.69) is 99.8 Å². The molecule has 4 aromatic carbocycles. The topological polar surface area (TPSA) is 65.0 Å². The number of benzene rings is 4. The van der Waals surface area contributed by atoms with Crippen molar-refractivity contribution < 1.29 is 8.83 Å². The second-order valence-electron chi connectivity index (χ2n) is 15.1. The Morgan fingerprint density at radius 3 is 2.34 bits per heavy atom. The maximum Gasteiger partial charge on any atom is 0.163 e. The van der Waals surface area contributed by atoms with Crippen LogP contribution in [0.25, 0.3) is 66.4 Å². The van der Waals surface area contributed by atoms with E-state index in [-0.39, 0.29) is 11.3 Å². The molecule has 1 atom stereocenters. The van der Waals surface area contributed by atoms with E-state index in [1.807, 2.05) is 36.4 Å². The van der Waals surface area contributed by atoms with Crippen molar-refractivity contribution in [2.45, 2.75) is 57.3 Å². The van der Waals surface area contributed by atoms with Crippen LogP contribution >= 0.6 is 0 Å². The molecular formula is C48H39N3O2. The van der Waals surface area contributed by atoms with Gasteiger partial charge in [-0.25, -0.2) is 15.0 Å². The summed E-state index contributed by atoms with van der Waals surface area (Å²) in [4.78, 5) is 15.2. The summed E-state index contributed by atoms with van der Waals surface area (Å²) in [6.07, 6.45) is 15.5. The number of aromatic nitrogens is 3. The van der Waals surface area contributed by atoms with Crippen molar-refractivity contribution >= 4 is 55.0 Å². The van der Waals surface area contributed by atoms with Crippen LogP contribution < -0.4 is 0 Å². The van der Waals surface area contributed by atoms with Crippen LogP contribution in [0.1, 0.15) is 74.6 Å². The van der Waals surface area contributed by atoms with Crippen molar-refractivity contribution in [3.63, 3.8) is 0 Å². The molecule has 5 heteroatoms. The zero-order valence-corrected chi connectivity index (χ0v) is 30.1. The van der Waals surface area contributed by atoms with Gasteiger partial charge in [-0.1, -0.05) is 93.3 Å². The van der Waals surface area contributed by atoms with E-state index >= 15 is 0 Å². The minimum absolute atomic E-state index is 0.00268. The summed E-state index contributed by atoms with van der Waals surface area (Å²) in [7, 11) is 0. The van der Waals surface area contributed by atoms with Gasteiger partial charge in [-0.15, -0.1) is 6.58 Å². The molecule has 3 aliphatic carbocycles. The summed E-state index contributed by atoms with van der Waals surface area (Å²) in [6, 6.07) is 27.4. The number of furan rings is 2. The third-order valence-corrected chi connectivity index (χ3v) is 11.6. The molecule has 7 aromatic rings. The summed E-state index contributed by atoms with van der Waals surface area (Å²) in [5.74, 6) is 2.03. The molecule has 3 aliphatic rings. The minimum atomic E-state index is -0.126. The van der Waals surface area contributed by atoms with Gasteiger partial charge in [0.25, 0.3) is 0 Å². The van der Waals surface area contributed by atoms with Gasteiger partial charge in [-0.05, 0) is 107 Å². The summed E-state index contributed by atoms with van der Waals surface area (Å²) >= 11 is 0. The highest BCUT2D eigenvalue weighted by atomic mass is 16.3. The van der Waals surface area contributed by atoms with E-state index < -0.39 is 0 Å². The van der Waals surface area contributed by atoms with Crippen LogP contribution in [0.3, 0.4) is 0 Å². The number of para-hydroxylation sites is 2. The third kappa shape index (κ3) is 5.09. The van der Waals surface area contributed by atoms with Crippen molar-refractivity contribution in [1.29, 1.82) is 0 Å². The van der Waals surface area contributed by atoms with Crippen LogP contribution in [0.4, 0.5) is 0 Å². The molecule has 0 amide bonds. The lowest BCUT2D eigenvalue weighted by molar-refractivity contribution is 0.639. The van der Waals surface area contributed by atoms with Gasteiger partial charge in [0.1, 0.15) is 28.2 Å². The number of nitrogens with zero attached hydrogens (tertiary/aromatic N) is 3. The zero-order chi connectivity index (χ0) is 35.8. The van der Waals surface area contributed by atoms with E-state index in [4.69, 9.17) is 23.8 Å². The Morgan fingerprint density at radius 2 is 1.55 bits per heavy atom. The van der Waals surface area contributed by atoms with Crippen LogP contribution in [0.15, 0.2) is 148 Å². The molecule has 0 spiro atoms. The Labute approximate surface area is 308 Å². The molecule has 0 radical (unpaired) electrons.